The van der Waals surface area contributed by atoms with Crippen molar-refractivity contribution in [2.75, 3.05) is 4.43 Å². The van der Waals surface area contributed by atoms with Crippen LogP contribution in [0.5, 0.6) is 0 Å². The zero-order valence-corrected chi connectivity index (χ0v) is 7.73. The van der Waals surface area contributed by atoms with Gasteiger partial charge in [-0.3, -0.25) is 4.79 Å². The fourth-order valence-electron chi connectivity index (χ4n) is 0. The number of primary amides is 1. The van der Waals surface area contributed by atoms with Gasteiger partial charge in [0.2, 0.25) is 5.91 Å². The van der Waals surface area contributed by atoms with Gasteiger partial charge in [-0.25, -0.2) is 0 Å². The van der Waals surface area contributed by atoms with Gasteiger partial charge in [0.25, 0.3) is 0 Å². The Balaban J connectivity index is 0. The van der Waals surface area contributed by atoms with E-state index >= 15 is 0 Å². The standard InChI is InChI=1S/C2H4INO.Na/c3-1-2(4)5;/h1H2,(H2,4,5);/q;+1. The molecule has 0 aliphatic carbocycles. The molecule has 0 radical (unpaired) electrons. The second-order valence-electron chi connectivity index (χ2n) is 0.600. The summed E-state index contributed by atoms with van der Waals surface area (Å²) in [6.45, 7) is 0. The summed E-state index contributed by atoms with van der Waals surface area (Å²) in [4.78, 5) is 9.58. The van der Waals surface area contributed by atoms with E-state index in [4.69, 9.17) is 0 Å². The smallest absolute Gasteiger partial charge is 0.369 e. The fraction of sp³-hybridized carbons (Fsp3) is 0.500. The Bertz CT molecular complexity index is 48.8. The number of alkyl halides is 1. The summed E-state index contributed by atoms with van der Waals surface area (Å²) in [6, 6.07) is 0. The van der Waals surface area contributed by atoms with E-state index in [2.05, 4.69) is 5.73 Å². The van der Waals surface area contributed by atoms with Gasteiger partial charge in [-0.2, -0.15) is 0 Å². The van der Waals surface area contributed by atoms with Gasteiger partial charge in [0.15, 0.2) is 0 Å². The molecule has 1 amide bonds. The van der Waals surface area contributed by atoms with E-state index in [0.717, 1.165) is 0 Å². The first kappa shape index (κ1) is 10.2. The summed E-state index contributed by atoms with van der Waals surface area (Å²) in [5, 5.41) is 0. The zero-order chi connectivity index (χ0) is 4.28. The molecule has 0 saturated heterocycles. The third kappa shape index (κ3) is 8.96. The zero-order valence-electron chi connectivity index (χ0n) is 3.57. The van der Waals surface area contributed by atoms with Crippen LogP contribution in [0.1, 0.15) is 0 Å². The Hall–Kier alpha value is 1.20. The first-order valence-corrected chi connectivity index (χ1v) is 2.64. The van der Waals surface area contributed by atoms with Crippen LogP contribution < -0.4 is 35.3 Å². The van der Waals surface area contributed by atoms with Crippen LogP contribution in [-0.2, 0) is 4.79 Å². The van der Waals surface area contributed by atoms with Gasteiger partial charge in [-0.05, 0) is 0 Å². The number of hydrogen-bond donors (Lipinski definition) is 1. The van der Waals surface area contributed by atoms with Crippen molar-refractivity contribution in [1.82, 2.24) is 0 Å². The molecule has 0 aromatic heterocycles. The maximum atomic E-state index is 9.58. The minimum atomic E-state index is -0.259. The molecule has 2 nitrogen and oxygen atoms in total. The van der Waals surface area contributed by atoms with Crippen molar-refractivity contribution in [3.05, 3.63) is 0 Å². The van der Waals surface area contributed by atoms with Gasteiger partial charge >= 0.3 is 29.6 Å². The third-order valence-corrected chi connectivity index (χ3v) is 0.884. The van der Waals surface area contributed by atoms with Crippen molar-refractivity contribution in [1.29, 1.82) is 0 Å². The second kappa shape index (κ2) is 6.20. The average Bonchev–Trinajstić information content (AvgIpc) is 1.38. The maximum absolute atomic E-state index is 9.58. The molecule has 0 heterocycles. The molecule has 0 rings (SSSR count). The van der Waals surface area contributed by atoms with Gasteiger partial charge in [-0.15, -0.1) is 0 Å². The fourth-order valence-corrected chi connectivity index (χ4v) is 0. The molecule has 4 heteroatoms. The minimum absolute atomic E-state index is 0. The van der Waals surface area contributed by atoms with Crippen molar-refractivity contribution in [3.63, 3.8) is 0 Å². The van der Waals surface area contributed by atoms with Crippen LogP contribution in [0.4, 0.5) is 0 Å². The molecule has 0 aliphatic heterocycles. The summed E-state index contributed by atoms with van der Waals surface area (Å²) in [7, 11) is 0. The average molecular weight is 208 g/mol. The second-order valence-corrected chi connectivity index (χ2v) is 1.36. The number of halogens is 1. The van der Waals surface area contributed by atoms with E-state index in [0.29, 0.717) is 4.43 Å². The van der Waals surface area contributed by atoms with E-state index < -0.39 is 0 Å². The van der Waals surface area contributed by atoms with Crippen molar-refractivity contribution in [2.45, 2.75) is 0 Å². The molecule has 6 heavy (non-hydrogen) atoms. The number of nitrogens with two attached hydrogens (primary N) is 1. The van der Waals surface area contributed by atoms with Crippen molar-refractivity contribution in [2.24, 2.45) is 5.73 Å². The summed E-state index contributed by atoms with van der Waals surface area (Å²) in [5.74, 6) is -0.259. The normalized spacial score (nSPS) is 6.17. The molecule has 30 valence electrons. The third-order valence-electron chi connectivity index (χ3n) is 0.132. The van der Waals surface area contributed by atoms with Crippen LogP contribution in [0.2, 0.25) is 0 Å². The first-order valence-electron chi connectivity index (χ1n) is 1.11. The number of amides is 1. The maximum Gasteiger partial charge on any atom is 1.00 e. The molecule has 0 bridgehead atoms. The van der Waals surface area contributed by atoms with Crippen LogP contribution in [-0.4, -0.2) is 10.3 Å². The van der Waals surface area contributed by atoms with Gasteiger partial charge in [0.1, 0.15) is 0 Å². The van der Waals surface area contributed by atoms with Crippen LogP contribution >= 0.6 is 22.6 Å². The molecular formula is C2H4INNaO+. The van der Waals surface area contributed by atoms with Gasteiger partial charge in [0.05, 0.1) is 4.43 Å². The molecule has 2 N–H and O–H groups in total. The van der Waals surface area contributed by atoms with Crippen LogP contribution in [0.3, 0.4) is 0 Å². The molecule has 0 fully saturated rings. The molecule has 0 aromatic carbocycles. The summed E-state index contributed by atoms with van der Waals surface area (Å²) in [6.07, 6.45) is 0. The summed E-state index contributed by atoms with van der Waals surface area (Å²) in [5.41, 5.74) is 4.65. The number of carbonyl (C=O) groups is 1. The first-order chi connectivity index (χ1) is 2.27. The number of carbonyl (C=O) groups excluding carboxylic acids is 1. The predicted molar refractivity (Wildman–Crippen MR) is 28.1 cm³/mol. The predicted octanol–water partition coefficient (Wildman–Crippen LogP) is -3.09. The van der Waals surface area contributed by atoms with Gasteiger partial charge < -0.3 is 5.73 Å². The molecule has 0 aliphatic rings. The van der Waals surface area contributed by atoms with Crippen molar-refractivity contribution >= 4 is 28.5 Å². The summed E-state index contributed by atoms with van der Waals surface area (Å²) < 4.78 is 0.414. The monoisotopic (exact) mass is 208 g/mol. The topological polar surface area (TPSA) is 43.1 Å². The number of rotatable bonds is 1. The van der Waals surface area contributed by atoms with Crippen molar-refractivity contribution < 1.29 is 34.4 Å². The Labute approximate surface area is 72.3 Å². The van der Waals surface area contributed by atoms with Gasteiger partial charge in [-0.1, -0.05) is 22.6 Å². The van der Waals surface area contributed by atoms with E-state index in [-0.39, 0.29) is 35.5 Å². The Morgan fingerprint density at radius 3 is 2.00 bits per heavy atom. The molecule has 0 unspecified atom stereocenters. The van der Waals surface area contributed by atoms with E-state index in [1.165, 1.54) is 0 Å². The van der Waals surface area contributed by atoms with E-state index in [9.17, 15) is 4.79 Å². The molecule has 0 atom stereocenters. The Morgan fingerprint density at radius 2 is 2.00 bits per heavy atom. The van der Waals surface area contributed by atoms with Crippen LogP contribution in [0.25, 0.3) is 0 Å². The van der Waals surface area contributed by atoms with Gasteiger partial charge in [0, 0.05) is 0 Å². The molecule has 0 aromatic rings. The van der Waals surface area contributed by atoms with E-state index in [1.54, 1.807) is 0 Å². The summed E-state index contributed by atoms with van der Waals surface area (Å²) >= 11 is 1.90. The quantitative estimate of drug-likeness (QED) is 0.277. The van der Waals surface area contributed by atoms with Crippen LogP contribution in [0, 0.1) is 0 Å². The molecule has 0 spiro atoms. The van der Waals surface area contributed by atoms with Crippen LogP contribution in [0.15, 0.2) is 0 Å². The Kier molecular flexibility index (Phi) is 10.6. The largest absolute Gasteiger partial charge is 1.00 e. The van der Waals surface area contributed by atoms with Crippen molar-refractivity contribution in [3.8, 4) is 0 Å². The van der Waals surface area contributed by atoms with E-state index in [1.807, 2.05) is 22.6 Å². The SMILES string of the molecule is NC(=O)CI.[Na+]. The number of hydrogen-bond acceptors (Lipinski definition) is 1. The minimum Gasteiger partial charge on any atom is -0.369 e. The molecule has 0 saturated carbocycles. The Morgan fingerprint density at radius 1 is 1.83 bits per heavy atom. The molecular weight excluding hydrogens is 204 g/mol.